The van der Waals surface area contributed by atoms with Crippen molar-refractivity contribution >= 4 is 80.0 Å². The quantitative estimate of drug-likeness (QED) is 0.143. The van der Waals surface area contributed by atoms with Crippen LogP contribution >= 0.6 is 0 Å². The topological polar surface area (TPSA) is 32.5 Å². The van der Waals surface area contributed by atoms with Crippen LogP contribution in [-0.4, -0.2) is 13.1 Å². The van der Waals surface area contributed by atoms with E-state index in [-0.39, 0.29) is 0 Å². The van der Waals surface area contributed by atoms with E-state index in [2.05, 4.69) is 235 Å². The Morgan fingerprint density at radius 1 is 0.508 bits per heavy atom. The van der Waals surface area contributed by atoms with E-state index in [1.807, 2.05) is 12.3 Å². The Kier molecular flexibility index (Phi) is 10.2. The molecule has 3 heterocycles. The first-order valence-electron chi connectivity index (χ1n) is 22.3. The molecule has 0 spiro atoms. The Bertz CT molecular complexity index is 3400. The Morgan fingerprint density at radius 3 is 1.89 bits per heavy atom. The van der Waals surface area contributed by atoms with Crippen molar-refractivity contribution in [2.75, 3.05) is 9.80 Å². The minimum atomic E-state index is -2.21. The third-order valence-corrected chi connectivity index (χ3v) is 15.9. The molecular formula is C60H47N3OSi. The first-order chi connectivity index (χ1) is 31.9. The average Bonchev–Trinajstić information content (AvgIpc) is 3.75. The molecule has 5 heteroatoms. The molecule has 312 valence electrons. The number of rotatable bonds is 8. The molecule has 65 heavy (non-hydrogen) atoms. The van der Waals surface area contributed by atoms with E-state index in [0.29, 0.717) is 0 Å². The number of furan rings is 1. The van der Waals surface area contributed by atoms with Crippen LogP contribution in [0.1, 0.15) is 5.56 Å². The fourth-order valence-electron chi connectivity index (χ4n) is 9.57. The van der Waals surface area contributed by atoms with Crippen LogP contribution in [0.4, 0.5) is 28.4 Å². The molecule has 0 bridgehead atoms. The van der Waals surface area contributed by atoms with Gasteiger partial charge in [0.25, 0.3) is 0 Å². The molecule has 10 aromatic rings. The molecule has 11 rings (SSSR count). The molecule has 0 aliphatic carbocycles. The van der Waals surface area contributed by atoms with E-state index in [4.69, 9.17) is 16.0 Å². The number of allylic oxidation sites excluding steroid dienone is 4. The van der Waals surface area contributed by atoms with Crippen molar-refractivity contribution in [1.29, 1.82) is 0 Å². The van der Waals surface area contributed by atoms with Gasteiger partial charge in [-0.2, -0.15) is 0 Å². The third-order valence-electron chi connectivity index (χ3n) is 12.8. The van der Waals surface area contributed by atoms with Crippen LogP contribution in [0.3, 0.4) is 0 Å². The lowest BCUT2D eigenvalue weighted by Crippen LogP contribution is -2.41. The van der Waals surface area contributed by atoms with E-state index < -0.39 is 8.07 Å². The third kappa shape index (κ3) is 7.26. The number of para-hydroxylation sites is 5. The summed E-state index contributed by atoms with van der Waals surface area (Å²) in [6, 6.07) is 71.8. The Hall–Kier alpha value is -7.99. The van der Waals surface area contributed by atoms with E-state index in [9.17, 15) is 0 Å². The lowest BCUT2D eigenvalue weighted by atomic mass is 9.93. The molecule has 1 aliphatic heterocycles. The van der Waals surface area contributed by atoms with Crippen LogP contribution in [0, 0.1) is 0 Å². The van der Waals surface area contributed by atoms with E-state index in [1.54, 1.807) is 0 Å². The minimum absolute atomic E-state index is 0.857. The van der Waals surface area contributed by atoms with Gasteiger partial charge in [0.2, 0.25) is 0 Å². The summed E-state index contributed by atoms with van der Waals surface area (Å²) >= 11 is 0. The summed E-state index contributed by atoms with van der Waals surface area (Å²) in [4.78, 5) is 9.82. The second-order valence-electron chi connectivity index (χ2n) is 17.3. The molecule has 0 amide bonds. The summed E-state index contributed by atoms with van der Waals surface area (Å²) in [5.41, 5.74) is 14.5. The molecule has 0 N–H and O–H groups in total. The average molecular weight is 854 g/mol. The van der Waals surface area contributed by atoms with Crippen LogP contribution in [-0.2, 0) is 0 Å². The second kappa shape index (κ2) is 16.6. The van der Waals surface area contributed by atoms with Crippen LogP contribution in [0.5, 0.6) is 0 Å². The van der Waals surface area contributed by atoms with E-state index in [1.165, 1.54) is 16.0 Å². The highest BCUT2D eigenvalue weighted by molar-refractivity contribution is 6.92. The number of hydrogen-bond donors (Lipinski definition) is 0. The molecule has 2 aromatic heterocycles. The Balaban J connectivity index is 1.04. The monoisotopic (exact) mass is 853 g/mol. The summed E-state index contributed by atoms with van der Waals surface area (Å²) in [6.07, 6.45) is 8.91. The van der Waals surface area contributed by atoms with Crippen LogP contribution in [0.2, 0.25) is 19.1 Å². The largest absolute Gasteiger partial charge is 0.454 e. The van der Waals surface area contributed by atoms with Gasteiger partial charge in [-0.05, 0) is 94.2 Å². The Morgan fingerprint density at radius 2 is 1.14 bits per heavy atom. The van der Waals surface area contributed by atoms with Gasteiger partial charge in [0.1, 0.15) is 5.58 Å². The summed E-state index contributed by atoms with van der Waals surface area (Å²) in [7, 11) is -2.21. The van der Waals surface area contributed by atoms with Gasteiger partial charge in [-0.1, -0.05) is 183 Å². The molecule has 8 aromatic carbocycles. The molecule has 0 atom stereocenters. The van der Waals surface area contributed by atoms with Gasteiger partial charge in [0.15, 0.2) is 5.58 Å². The Labute approximate surface area is 381 Å². The lowest BCUT2D eigenvalue weighted by Gasteiger charge is -2.31. The smallest absolute Gasteiger partial charge is 0.159 e. The SMILES string of the molecule is C=C1/C=C\C(N(c2ccccc2-c2ccccc2)c2cccc3c2oc2ccccc23)=C/C[Si](C)(C)c2cccc3c(-c4ccc(N(c5ccccc5)c5ccccc5)cn4)ccc1c23. The van der Waals surface area contributed by atoms with Crippen LogP contribution < -0.4 is 15.0 Å². The van der Waals surface area contributed by atoms with Gasteiger partial charge in [0, 0.05) is 39.0 Å². The highest BCUT2D eigenvalue weighted by Crippen LogP contribution is 2.45. The van der Waals surface area contributed by atoms with Crippen molar-refractivity contribution in [3.63, 3.8) is 0 Å². The van der Waals surface area contributed by atoms with Crippen molar-refractivity contribution in [3.05, 3.63) is 242 Å². The van der Waals surface area contributed by atoms with Crippen LogP contribution in [0.25, 0.3) is 60.7 Å². The van der Waals surface area contributed by atoms with E-state index >= 15 is 0 Å². The summed E-state index contributed by atoms with van der Waals surface area (Å²) < 4.78 is 6.77. The molecule has 0 saturated carbocycles. The van der Waals surface area contributed by atoms with Gasteiger partial charge in [0.05, 0.1) is 37.0 Å². The van der Waals surface area contributed by atoms with Crippen molar-refractivity contribution in [3.8, 4) is 22.4 Å². The number of benzene rings is 8. The zero-order valence-corrected chi connectivity index (χ0v) is 37.5. The van der Waals surface area contributed by atoms with Crippen molar-refractivity contribution < 1.29 is 4.42 Å². The summed E-state index contributed by atoms with van der Waals surface area (Å²) in [5, 5.41) is 6.07. The van der Waals surface area contributed by atoms with Gasteiger partial charge in [-0.15, -0.1) is 0 Å². The number of fused-ring (bicyclic) bond motifs is 3. The maximum atomic E-state index is 6.77. The molecule has 0 radical (unpaired) electrons. The van der Waals surface area contributed by atoms with Crippen molar-refractivity contribution in [1.82, 2.24) is 4.98 Å². The van der Waals surface area contributed by atoms with Gasteiger partial charge in [-0.3, -0.25) is 4.98 Å². The molecule has 0 saturated heterocycles. The molecule has 0 fully saturated rings. The first kappa shape index (κ1) is 39.8. The fourth-order valence-corrected chi connectivity index (χ4v) is 12.0. The number of nitrogens with zero attached hydrogens (tertiary/aromatic N) is 3. The number of pyridine rings is 1. The van der Waals surface area contributed by atoms with E-state index in [0.717, 1.165) is 95.6 Å². The molecular weight excluding hydrogens is 807 g/mol. The summed E-state index contributed by atoms with van der Waals surface area (Å²) in [5.74, 6) is 0. The van der Waals surface area contributed by atoms with Crippen LogP contribution in [0.15, 0.2) is 241 Å². The first-order valence-corrected chi connectivity index (χ1v) is 25.5. The highest BCUT2D eigenvalue weighted by Gasteiger charge is 2.29. The minimum Gasteiger partial charge on any atom is -0.454 e. The van der Waals surface area contributed by atoms with Crippen molar-refractivity contribution in [2.24, 2.45) is 0 Å². The van der Waals surface area contributed by atoms with Gasteiger partial charge in [-0.25, -0.2) is 0 Å². The molecule has 0 unspecified atom stereocenters. The maximum absolute atomic E-state index is 6.77. The molecule has 1 aliphatic rings. The highest BCUT2D eigenvalue weighted by atomic mass is 28.3. The standard InChI is InChI=1S/C60H47N3OSi/c1-42-33-34-46(63(55-29-15-13-25-49(55)43-19-7-4-8-20-43)56-30-17-28-53-51-26-14-16-31-57(51)64-60(53)56)39-40-65(2,3)58-32-18-27-52-50(37-36-48(42)59(52)58)54-38-35-47(41-61-54)62(44-21-9-5-10-22-44)45-23-11-6-12-24-45/h4-39,41H,1,40H2,2-3H3/b34-33-,46-39+. The normalized spacial score (nSPS) is 14.8. The lowest BCUT2D eigenvalue weighted by molar-refractivity contribution is 0.669. The number of hydrogen-bond acceptors (Lipinski definition) is 4. The summed E-state index contributed by atoms with van der Waals surface area (Å²) in [6.45, 7) is 9.77. The number of aromatic nitrogens is 1. The predicted molar refractivity (Wildman–Crippen MR) is 278 cm³/mol. The van der Waals surface area contributed by atoms with Gasteiger partial charge < -0.3 is 14.2 Å². The number of anilines is 5. The second-order valence-corrected chi connectivity index (χ2v) is 22.1. The molecule has 4 nitrogen and oxygen atoms in total. The predicted octanol–water partition coefficient (Wildman–Crippen LogP) is 16.2. The van der Waals surface area contributed by atoms with Crippen molar-refractivity contribution in [2.45, 2.75) is 19.1 Å². The zero-order valence-electron chi connectivity index (χ0n) is 36.5. The van der Waals surface area contributed by atoms with Gasteiger partial charge >= 0.3 is 0 Å². The maximum Gasteiger partial charge on any atom is 0.159 e. The fraction of sp³-hybridized carbons (Fsp3) is 0.0500. The zero-order chi connectivity index (χ0) is 43.9.